The first-order chi connectivity index (χ1) is 13.8. The standard InChI is InChI=1S/C20H16Cl2FN5O/c1-11-5-12(2)28(26-11)18-4-3-14(7-17(18)23)24-19(29)8-15-10-27-9-13(21)6-16(22)20(27)25-15/h3-7,9-10H,8H2,1-2H3,(H,24,29). The van der Waals surface area contributed by atoms with Gasteiger partial charge in [-0.3, -0.25) is 4.79 Å². The van der Waals surface area contributed by atoms with Gasteiger partial charge in [-0.2, -0.15) is 5.10 Å². The summed E-state index contributed by atoms with van der Waals surface area (Å²) < 4.78 is 17.8. The number of nitrogens with one attached hydrogen (secondary N) is 1. The van der Waals surface area contributed by atoms with Gasteiger partial charge in [-0.1, -0.05) is 23.2 Å². The van der Waals surface area contributed by atoms with E-state index in [0.717, 1.165) is 11.4 Å². The first-order valence-electron chi connectivity index (χ1n) is 8.76. The Hall–Kier alpha value is -2.90. The van der Waals surface area contributed by atoms with Gasteiger partial charge in [0.25, 0.3) is 0 Å². The zero-order valence-electron chi connectivity index (χ0n) is 15.6. The molecule has 9 heteroatoms. The molecule has 1 N–H and O–H groups in total. The number of anilines is 1. The van der Waals surface area contributed by atoms with Crippen LogP contribution in [0.5, 0.6) is 0 Å². The number of carbonyl (C=O) groups excluding carboxylic acids is 1. The molecule has 0 aliphatic heterocycles. The number of rotatable bonds is 4. The van der Waals surface area contributed by atoms with E-state index in [0.29, 0.717) is 32.8 Å². The Morgan fingerprint density at radius 3 is 2.66 bits per heavy atom. The Balaban J connectivity index is 1.51. The van der Waals surface area contributed by atoms with Gasteiger partial charge in [0.05, 0.1) is 27.9 Å². The van der Waals surface area contributed by atoms with E-state index in [4.69, 9.17) is 23.2 Å². The number of aromatic nitrogens is 4. The Bertz CT molecular complexity index is 1250. The SMILES string of the molecule is Cc1cc(C)n(-c2ccc(NC(=O)Cc3cn4cc(Cl)cc(Cl)c4n3)cc2F)n1. The molecule has 29 heavy (non-hydrogen) atoms. The van der Waals surface area contributed by atoms with Crippen LogP contribution in [0.4, 0.5) is 10.1 Å². The van der Waals surface area contributed by atoms with E-state index in [1.54, 1.807) is 35.0 Å². The second-order valence-corrected chi connectivity index (χ2v) is 7.54. The van der Waals surface area contributed by atoms with Gasteiger partial charge in [0.2, 0.25) is 5.91 Å². The number of aryl methyl sites for hydroxylation is 2. The molecule has 0 atom stereocenters. The summed E-state index contributed by atoms with van der Waals surface area (Å²) in [6.07, 6.45) is 3.35. The monoisotopic (exact) mass is 431 g/mol. The maximum atomic E-state index is 14.6. The molecule has 0 bridgehead atoms. The first kappa shape index (κ1) is 19.4. The Morgan fingerprint density at radius 1 is 1.17 bits per heavy atom. The van der Waals surface area contributed by atoms with Crippen LogP contribution in [-0.2, 0) is 11.2 Å². The first-order valence-corrected chi connectivity index (χ1v) is 9.51. The van der Waals surface area contributed by atoms with Crippen LogP contribution in [0, 0.1) is 19.7 Å². The predicted octanol–water partition coefficient (Wildman–Crippen LogP) is 4.76. The molecule has 0 aliphatic rings. The molecule has 0 fully saturated rings. The largest absolute Gasteiger partial charge is 0.326 e. The number of amides is 1. The third-order valence-electron chi connectivity index (χ3n) is 4.33. The minimum Gasteiger partial charge on any atom is -0.326 e. The number of halogens is 3. The van der Waals surface area contributed by atoms with Gasteiger partial charge in [-0.05, 0) is 44.2 Å². The summed E-state index contributed by atoms with van der Waals surface area (Å²) in [6, 6.07) is 7.93. The molecule has 148 valence electrons. The van der Waals surface area contributed by atoms with Gasteiger partial charge in [-0.15, -0.1) is 0 Å². The van der Waals surface area contributed by atoms with Crippen molar-refractivity contribution in [1.82, 2.24) is 19.2 Å². The maximum Gasteiger partial charge on any atom is 0.230 e. The van der Waals surface area contributed by atoms with E-state index in [9.17, 15) is 9.18 Å². The van der Waals surface area contributed by atoms with Crippen LogP contribution < -0.4 is 5.32 Å². The highest BCUT2D eigenvalue weighted by atomic mass is 35.5. The van der Waals surface area contributed by atoms with Crippen LogP contribution in [-0.4, -0.2) is 25.1 Å². The lowest BCUT2D eigenvalue weighted by atomic mass is 10.2. The molecule has 0 saturated heterocycles. The smallest absolute Gasteiger partial charge is 0.230 e. The zero-order chi connectivity index (χ0) is 20.7. The molecule has 6 nitrogen and oxygen atoms in total. The molecule has 0 unspecified atom stereocenters. The van der Waals surface area contributed by atoms with Gasteiger partial charge in [0, 0.05) is 23.8 Å². The van der Waals surface area contributed by atoms with Crippen molar-refractivity contribution in [3.63, 3.8) is 0 Å². The number of imidazole rings is 1. The third kappa shape index (κ3) is 3.97. The van der Waals surface area contributed by atoms with E-state index >= 15 is 0 Å². The van der Waals surface area contributed by atoms with E-state index in [2.05, 4.69) is 15.4 Å². The third-order valence-corrected chi connectivity index (χ3v) is 4.82. The van der Waals surface area contributed by atoms with Crippen molar-refractivity contribution >= 4 is 40.4 Å². The molecule has 1 amide bonds. The second kappa shape index (κ2) is 7.50. The lowest BCUT2D eigenvalue weighted by Gasteiger charge is -2.09. The molecule has 1 aromatic carbocycles. The summed E-state index contributed by atoms with van der Waals surface area (Å²) in [5.74, 6) is -0.808. The number of nitrogens with zero attached hydrogens (tertiary/aromatic N) is 4. The Labute approximate surface area is 175 Å². The molecule has 4 aromatic rings. The normalized spacial score (nSPS) is 11.2. The van der Waals surface area contributed by atoms with Crippen LogP contribution in [0.25, 0.3) is 11.3 Å². The molecule has 3 heterocycles. The predicted molar refractivity (Wildman–Crippen MR) is 111 cm³/mol. The maximum absolute atomic E-state index is 14.6. The summed E-state index contributed by atoms with van der Waals surface area (Å²) in [6.45, 7) is 3.69. The van der Waals surface area contributed by atoms with Crippen molar-refractivity contribution in [2.24, 2.45) is 0 Å². The summed E-state index contributed by atoms with van der Waals surface area (Å²) in [5.41, 5.74) is 3.32. The van der Waals surface area contributed by atoms with Crippen LogP contribution in [0.2, 0.25) is 10.0 Å². The average molecular weight is 432 g/mol. The van der Waals surface area contributed by atoms with Crippen molar-refractivity contribution in [3.05, 3.63) is 75.7 Å². The highest BCUT2D eigenvalue weighted by Gasteiger charge is 2.13. The highest BCUT2D eigenvalue weighted by Crippen LogP contribution is 2.23. The molecular formula is C20H16Cl2FN5O. The minimum absolute atomic E-state index is 0.0104. The zero-order valence-corrected chi connectivity index (χ0v) is 17.1. The Morgan fingerprint density at radius 2 is 1.97 bits per heavy atom. The summed E-state index contributed by atoms with van der Waals surface area (Å²) >= 11 is 12.1. The fourth-order valence-electron chi connectivity index (χ4n) is 3.16. The quantitative estimate of drug-likeness (QED) is 0.506. The van der Waals surface area contributed by atoms with Crippen molar-refractivity contribution in [3.8, 4) is 5.69 Å². The summed E-state index contributed by atoms with van der Waals surface area (Å²) in [7, 11) is 0. The van der Waals surface area contributed by atoms with Crippen LogP contribution >= 0.6 is 23.2 Å². The van der Waals surface area contributed by atoms with Gasteiger partial charge >= 0.3 is 0 Å². The Kier molecular flexibility index (Phi) is 5.02. The van der Waals surface area contributed by atoms with E-state index in [1.165, 1.54) is 10.7 Å². The molecule has 3 aromatic heterocycles. The summed E-state index contributed by atoms with van der Waals surface area (Å²) in [5, 5.41) is 7.82. The van der Waals surface area contributed by atoms with Crippen LogP contribution in [0.1, 0.15) is 17.1 Å². The molecule has 0 spiro atoms. The van der Waals surface area contributed by atoms with Crippen LogP contribution in [0.15, 0.2) is 42.7 Å². The number of hydrogen-bond acceptors (Lipinski definition) is 3. The molecule has 4 rings (SSSR count). The molecule has 0 saturated carbocycles. The van der Waals surface area contributed by atoms with Gasteiger partial charge in [-0.25, -0.2) is 14.1 Å². The van der Waals surface area contributed by atoms with Gasteiger partial charge < -0.3 is 9.72 Å². The number of hydrogen-bond donors (Lipinski definition) is 1. The van der Waals surface area contributed by atoms with Gasteiger partial charge in [0.1, 0.15) is 5.69 Å². The molecular weight excluding hydrogens is 416 g/mol. The fraction of sp³-hybridized carbons (Fsp3) is 0.150. The van der Waals surface area contributed by atoms with E-state index < -0.39 is 5.82 Å². The minimum atomic E-state index is -0.483. The molecule has 0 radical (unpaired) electrons. The van der Waals surface area contributed by atoms with E-state index in [1.807, 2.05) is 19.9 Å². The lowest BCUT2D eigenvalue weighted by Crippen LogP contribution is -2.15. The van der Waals surface area contributed by atoms with Crippen molar-refractivity contribution in [1.29, 1.82) is 0 Å². The molecule has 0 aliphatic carbocycles. The topological polar surface area (TPSA) is 64.2 Å². The van der Waals surface area contributed by atoms with Crippen molar-refractivity contribution in [2.75, 3.05) is 5.32 Å². The number of fused-ring (bicyclic) bond motifs is 1. The van der Waals surface area contributed by atoms with Gasteiger partial charge in [0.15, 0.2) is 11.5 Å². The number of benzene rings is 1. The number of carbonyl (C=O) groups is 1. The number of pyridine rings is 1. The van der Waals surface area contributed by atoms with Crippen molar-refractivity contribution in [2.45, 2.75) is 20.3 Å². The lowest BCUT2D eigenvalue weighted by molar-refractivity contribution is -0.115. The average Bonchev–Trinajstić information content (AvgIpc) is 3.17. The second-order valence-electron chi connectivity index (χ2n) is 6.70. The van der Waals surface area contributed by atoms with Crippen molar-refractivity contribution < 1.29 is 9.18 Å². The fourth-order valence-corrected chi connectivity index (χ4v) is 3.69. The van der Waals surface area contributed by atoms with Crippen LogP contribution in [0.3, 0.4) is 0 Å². The van der Waals surface area contributed by atoms with E-state index in [-0.39, 0.29) is 12.3 Å². The highest BCUT2D eigenvalue weighted by molar-refractivity contribution is 6.36. The summed E-state index contributed by atoms with van der Waals surface area (Å²) in [4.78, 5) is 16.7.